The van der Waals surface area contributed by atoms with Crippen LogP contribution in [0.25, 0.3) is 11.3 Å². The summed E-state index contributed by atoms with van der Waals surface area (Å²) in [5.74, 6) is 1.07. The number of pyridine rings is 1. The van der Waals surface area contributed by atoms with Gasteiger partial charge in [0.2, 0.25) is 0 Å². The third-order valence-electron chi connectivity index (χ3n) is 6.29. The first-order valence-corrected chi connectivity index (χ1v) is 11.8. The minimum absolute atomic E-state index is 0.00359. The van der Waals surface area contributed by atoms with Gasteiger partial charge in [0.05, 0.1) is 23.4 Å². The maximum absolute atomic E-state index is 12.9. The summed E-state index contributed by atoms with van der Waals surface area (Å²) >= 11 is 6.60. The number of aromatic nitrogens is 3. The van der Waals surface area contributed by atoms with Crippen LogP contribution in [0.1, 0.15) is 56.9 Å². The maximum atomic E-state index is 12.9. The molecular weight excluding hydrogens is 471 g/mol. The highest BCUT2D eigenvalue weighted by atomic mass is 35.5. The Bertz CT molecular complexity index is 1000. The van der Waals surface area contributed by atoms with E-state index in [9.17, 15) is 18.0 Å². The first-order valence-electron chi connectivity index (χ1n) is 11.5. The summed E-state index contributed by atoms with van der Waals surface area (Å²) in [4.78, 5) is 17.0. The van der Waals surface area contributed by atoms with Gasteiger partial charge >= 0.3 is 6.18 Å². The summed E-state index contributed by atoms with van der Waals surface area (Å²) in [7, 11) is 1.40. The minimum atomic E-state index is -4.42. The normalized spacial score (nSPS) is 19.5. The molecular formula is C23H31ClF3N5O2. The van der Waals surface area contributed by atoms with E-state index in [2.05, 4.69) is 27.6 Å². The average Bonchev–Trinajstić information content (AvgIpc) is 3.13. The first kappa shape index (κ1) is 26.1. The van der Waals surface area contributed by atoms with Crippen molar-refractivity contribution < 1.29 is 22.7 Å². The summed E-state index contributed by atoms with van der Waals surface area (Å²) in [6, 6.07) is -0.423. The van der Waals surface area contributed by atoms with Crippen molar-refractivity contribution in [3.8, 4) is 17.0 Å². The number of hydrogen-bond donors (Lipinski definition) is 2. The fourth-order valence-corrected chi connectivity index (χ4v) is 4.41. The van der Waals surface area contributed by atoms with E-state index < -0.39 is 12.2 Å². The molecule has 0 bridgehead atoms. The Balaban J connectivity index is 1.83. The van der Waals surface area contributed by atoms with Gasteiger partial charge in [0, 0.05) is 25.4 Å². The van der Waals surface area contributed by atoms with Gasteiger partial charge in [-0.25, -0.2) is 4.98 Å². The number of methoxy groups -OCH3 is 1. The van der Waals surface area contributed by atoms with E-state index in [1.807, 2.05) is 6.92 Å². The van der Waals surface area contributed by atoms with Crippen molar-refractivity contribution >= 4 is 23.3 Å². The zero-order valence-corrected chi connectivity index (χ0v) is 20.6. The number of rotatable bonds is 8. The molecule has 11 heteroatoms. The number of alkyl halides is 3. The molecule has 2 aromatic heterocycles. The van der Waals surface area contributed by atoms with Gasteiger partial charge in [-0.05, 0) is 38.5 Å². The zero-order valence-electron chi connectivity index (χ0n) is 19.8. The molecule has 0 aliphatic heterocycles. The number of amides is 1. The molecule has 2 N–H and O–H groups in total. The Hall–Kier alpha value is -2.49. The number of nitrogens with one attached hydrogen (secondary N) is 2. The van der Waals surface area contributed by atoms with Crippen molar-refractivity contribution in [1.82, 2.24) is 20.1 Å². The van der Waals surface area contributed by atoms with Crippen molar-refractivity contribution in [3.63, 3.8) is 0 Å². The fourth-order valence-electron chi connectivity index (χ4n) is 4.09. The maximum Gasteiger partial charge on any atom is 0.408 e. The fraction of sp³-hybridized carbons (Fsp3) is 0.609. The highest BCUT2D eigenvalue weighted by Gasteiger charge is 2.36. The lowest BCUT2D eigenvalue weighted by molar-refractivity contribution is -0.138. The molecule has 1 aliphatic carbocycles. The van der Waals surface area contributed by atoms with E-state index in [1.54, 1.807) is 4.68 Å². The molecule has 188 valence electrons. The Labute approximate surface area is 202 Å². The van der Waals surface area contributed by atoms with Crippen molar-refractivity contribution in [2.24, 2.45) is 11.8 Å². The van der Waals surface area contributed by atoms with Crippen molar-refractivity contribution in [3.05, 3.63) is 23.0 Å². The predicted octanol–water partition coefficient (Wildman–Crippen LogP) is 5.55. The van der Waals surface area contributed by atoms with Crippen LogP contribution in [0.15, 0.2) is 12.3 Å². The second-order valence-corrected chi connectivity index (χ2v) is 9.22. The molecule has 0 unspecified atom stereocenters. The molecule has 34 heavy (non-hydrogen) atoms. The largest absolute Gasteiger partial charge is 0.496 e. The molecule has 0 saturated heterocycles. The molecule has 1 saturated carbocycles. The Morgan fingerprint density at radius 3 is 2.59 bits per heavy atom. The summed E-state index contributed by atoms with van der Waals surface area (Å²) in [6.07, 6.45) is 1.44. The average molecular weight is 502 g/mol. The molecule has 2 heterocycles. The molecule has 1 amide bonds. The SMILES string of the molecule is CCn1nc(C(=O)NCC2CCC(C)CC2)c(Cl)c1-c1cnc(N[C@H](C)C(F)(F)F)cc1OC. The quantitative estimate of drug-likeness (QED) is 0.496. The van der Waals surface area contributed by atoms with E-state index in [4.69, 9.17) is 16.3 Å². The van der Waals surface area contributed by atoms with Crippen LogP contribution in [0, 0.1) is 11.8 Å². The van der Waals surface area contributed by atoms with E-state index in [1.165, 1.54) is 19.4 Å². The number of carbonyl (C=O) groups is 1. The summed E-state index contributed by atoms with van der Waals surface area (Å²) in [5.41, 5.74) is 0.936. The van der Waals surface area contributed by atoms with Crippen LogP contribution in [0.4, 0.5) is 19.0 Å². The lowest BCUT2D eigenvalue weighted by Crippen LogP contribution is -2.33. The number of anilines is 1. The van der Waals surface area contributed by atoms with Gasteiger partial charge < -0.3 is 15.4 Å². The molecule has 7 nitrogen and oxygen atoms in total. The van der Waals surface area contributed by atoms with Crippen LogP contribution >= 0.6 is 11.6 Å². The Morgan fingerprint density at radius 1 is 1.32 bits per heavy atom. The van der Waals surface area contributed by atoms with Gasteiger partial charge in [-0.1, -0.05) is 31.4 Å². The van der Waals surface area contributed by atoms with Crippen LogP contribution in [-0.4, -0.2) is 46.5 Å². The number of hydrogen-bond acceptors (Lipinski definition) is 5. The molecule has 2 aromatic rings. The lowest BCUT2D eigenvalue weighted by atomic mass is 9.83. The van der Waals surface area contributed by atoms with Gasteiger partial charge in [0.1, 0.15) is 17.6 Å². The van der Waals surface area contributed by atoms with Gasteiger partial charge in [-0.3, -0.25) is 9.48 Å². The number of nitrogens with zero attached hydrogens (tertiary/aromatic N) is 3. The van der Waals surface area contributed by atoms with Crippen molar-refractivity contribution in [2.75, 3.05) is 19.0 Å². The van der Waals surface area contributed by atoms with Gasteiger partial charge in [0.15, 0.2) is 5.69 Å². The molecule has 0 radical (unpaired) electrons. The third-order valence-corrected chi connectivity index (χ3v) is 6.65. The Kier molecular flexibility index (Phi) is 8.33. The number of halogens is 4. The topological polar surface area (TPSA) is 81.1 Å². The van der Waals surface area contributed by atoms with Gasteiger partial charge in [0.25, 0.3) is 5.91 Å². The zero-order chi connectivity index (χ0) is 25.0. The van der Waals surface area contributed by atoms with Crippen LogP contribution in [0.3, 0.4) is 0 Å². The molecule has 0 aromatic carbocycles. The van der Waals surface area contributed by atoms with Crippen LogP contribution in [0.5, 0.6) is 5.75 Å². The minimum Gasteiger partial charge on any atom is -0.496 e. The summed E-state index contributed by atoms with van der Waals surface area (Å²) in [5, 5.41) is 9.79. The summed E-state index contributed by atoms with van der Waals surface area (Å²) < 4.78 is 45.7. The second-order valence-electron chi connectivity index (χ2n) is 8.84. The molecule has 1 atom stereocenters. The van der Waals surface area contributed by atoms with Crippen LogP contribution in [-0.2, 0) is 6.54 Å². The molecule has 1 aliphatic rings. The monoisotopic (exact) mass is 501 g/mol. The van der Waals surface area contributed by atoms with Crippen LogP contribution < -0.4 is 15.4 Å². The van der Waals surface area contributed by atoms with Gasteiger partial charge in [-0.2, -0.15) is 18.3 Å². The lowest BCUT2D eigenvalue weighted by Gasteiger charge is -2.26. The number of carbonyl (C=O) groups excluding carboxylic acids is 1. The van der Waals surface area contributed by atoms with Crippen molar-refractivity contribution in [1.29, 1.82) is 0 Å². The molecule has 1 fully saturated rings. The van der Waals surface area contributed by atoms with E-state index in [0.29, 0.717) is 30.3 Å². The van der Waals surface area contributed by atoms with Crippen molar-refractivity contribution in [2.45, 2.75) is 65.2 Å². The smallest absolute Gasteiger partial charge is 0.408 e. The second kappa shape index (κ2) is 10.8. The van der Waals surface area contributed by atoms with E-state index in [-0.39, 0.29) is 28.2 Å². The number of aryl methyl sites for hydroxylation is 1. The first-order chi connectivity index (χ1) is 16.0. The van der Waals surface area contributed by atoms with Gasteiger partial charge in [-0.15, -0.1) is 0 Å². The standard InChI is InChI=1S/C23H31ClF3N5O2/c1-5-32-21(16-12-28-18(10-17(16)34-4)30-14(3)23(25,26)27)19(24)20(31-32)22(33)29-11-15-8-6-13(2)7-9-15/h10,12-15H,5-9,11H2,1-4H3,(H,28,30)(H,29,33)/t13?,14-,15?/m1/s1. The predicted molar refractivity (Wildman–Crippen MR) is 125 cm³/mol. The highest BCUT2D eigenvalue weighted by molar-refractivity contribution is 6.36. The van der Waals surface area contributed by atoms with E-state index >= 15 is 0 Å². The third kappa shape index (κ3) is 5.95. The number of ether oxygens (including phenoxy) is 1. The Morgan fingerprint density at radius 2 is 2.00 bits per heavy atom. The highest BCUT2D eigenvalue weighted by Crippen LogP contribution is 2.38. The van der Waals surface area contributed by atoms with E-state index in [0.717, 1.165) is 38.5 Å². The summed E-state index contributed by atoms with van der Waals surface area (Å²) in [6.45, 7) is 6.08. The molecule has 3 rings (SSSR count). The molecule has 0 spiro atoms. The van der Waals surface area contributed by atoms with Crippen LogP contribution in [0.2, 0.25) is 5.02 Å².